The van der Waals surface area contributed by atoms with Crippen LogP contribution >= 0.6 is 0 Å². The Bertz CT molecular complexity index is 570. The van der Waals surface area contributed by atoms with E-state index >= 15 is 0 Å². The summed E-state index contributed by atoms with van der Waals surface area (Å²) in [6.07, 6.45) is 2.10. The normalized spacial score (nSPS) is 11.8. The summed E-state index contributed by atoms with van der Waals surface area (Å²) in [6.45, 7) is 3.09. The molecule has 0 atom stereocenters. The van der Waals surface area contributed by atoms with Crippen LogP contribution in [0.3, 0.4) is 0 Å². The zero-order valence-electron chi connectivity index (χ0n) is 13.1. The molecule has 2 rings (SSSR count). The number of aromatic nitrogens is 1. The number of hydrogen-bond acceptors (Lipinski definition) is 3. The summed E-state index contributed by atoms with van der Waals surface area (Å²) in [4.78, 5) is 0. The number of rotatable bonds is 7. The lowest BCUT2D eigenvalue weighted by atomic mass is 10.1. The molecule has 0 aliphatic carbocycles. The molecule has 0 N–H and O–H groups in total. The molecule has 21 heavy (non-hydrogen) atoms. The van der Waals surface area contributed by atoms with E-state index in [0.29, 0.717) is 6.04 Å². The highest BCUT2D eigenvalue weighted by molar-refractivity contribution is 6.60. The van der Waals surface area contributed by atoms with Crippen LogP contribution in [0.5, 0.6) is 0 Å². The molecule has 0 saturated carbocycles. The van der Waals surface area contributed by atoms with E-state index in [-0.39, 0.29) is 0 Å². The average Bonchev–Trinajstić information content (AvgIpc) is 3.01. The van der Waals surface area contributed by atoms with Gasteiger partial charge in [0, 0.05) is 51.4 Å². The molecule has 0 saturated heterocycles. The van der Waals surface area contributed by atoms with Crippen molar-refractivity contribution in [3.8, 4) is 11.3 Å². The quantitative estimate of drug-likeness (QED) is 0.737. The third-order valence-electron chi connectivity index (χ3n) is 3.80. The van der Waals surface area contributed by atoms with Crippen LogP contribution in [0, 0.1) is 0 Å². The summed E-state index contributed by atoms with van der Waals surface area (Å²) in [5.41, 5.74) is 3.59. The van der Waals surface area contributed by atoms with Gasteiger partial charge in [0.15, 0.2) is 0 Å². The van der Waals surface area contributed by atoms with Crippen molar-refractivity contribution in [2.45, 2.75) is 19.5 Å². The SMILES string of the molecule is CCn1cccc1-c1ccccc1C[Si](OC)(OC)OC. The second kappa shape index (κ2) is 7.04. The molecule has 1 heterocycles. The Morgan fingerprint density at radius 3 is 2.24 bits per heavy atom. The van der Waals surface area contributed by atoms with E-state index in [1.165, 1.54) is 16.8 Å². The van der Waals surface area contributed by atoms with Crippen molar-refractivity contribution in [2.24, 2.45) is 0 Å². The minimum Gasteiger partial charge on any atom is -0.377 e. The number of hydrogen-bond donors (Lipinski definition) is 0. The molecular formula is C16H23NO3Si. The maximum absolute atomic E-state index is 5.56. The molecule has 1 aromatic carbocycles. The smallest absolute Gasteiger partial charge is 0.377 e. The highest BCUT2D eigenvalue weighted by Gasteiger charge is 2.38. The lowest BCUT2D eigenvalue weighted by Gasteiger charge is -2.25. The second-order valence-corrected chi connectivity index (χ2v) is 7.75. The number of nitrogens with zero attached hydrogens (tertiary/aromatic N) is 1. The molecule has 114 valence electrons. The summed E-state index contributed by atoms with van der Waals surface area (Å²) < 4.78 is 18.9. The molecule has 0 aliphatic rings. The topological polar surface area (TPSA) is 32.6 Å². The van der Waals surface area contributed by atoms with Crippen molar-refractivity contribution in [1.29, 1.82) is 0 Å². The van der Waals surface area contributed by atoms with Gasteiger partial charge in [-0.2, -0.15) is 0 Å². The third kappa shape index (κ3) is 3.27. The van der Waals surface area contributed by atoms with E-state index < -0.39 is 8.80 Å². The van der Waals surface area contributed by atoms with Crippen LogP contribution in [0.15, 0.2) is 42.6 Å². The Morgan fingerprint density at radius 1 is 0.952 bits per heavy atom. The van der Waals surface area contributed by atoms with Gasteiger partial charge in [0.05, 0.1) is 0 Å². The molecule has 4 nitrogen and oxygen atoms in total. The Labute approximate surface area is 127 Å². The fourth-order valence-corrected chi connectivity index (χ4v) is 4.27. The first-order chi connectivity index (χ1) is 10.2. The Balaban J connectivity index is 2.42. The fourth-order valence-electron chi connectivity index (χ4n) is 2.56. The van der Waals surface area contributed by atoms with Crippen LogP contribution in [-0.4, -0.2) is 34.7 Å². The van der Waals surface area contributed by atoms with E-state index in [0.717, 1.165) is 6.54 Å². The Morgan fingerprint density at radius 2 is 1.62 bits per heavy atom. The fraction of sp³-hybridized carbons (Fsp3) is 0.375. The van der Waals surface area contributed by atoms with Gasteiger partial charge in [-0.15, -0.1) is 0 Å². The van der Waals surface area contributed by atoms with Crippen molar-refractivity contribution in [3.05, 3.63) is 48.2 Å². The van der Waals surface area contributed by atoms with Crippen molar-refractivity contribution in [3.63, 3.8) is 0 Å². The average molecular weight is 305 g/mol. The molecule has 5 heteroatoms. The molecule has 0 spiro atoms. The van der Waals surface area contributed by atoms with E-state index in [1.807, 2.05) is 6.07 Å². The van der Waals surface area contributed by atoms with Crippen molar-refractivity contribution < 1.29 is 13.3 Å². The highest BCUT2D eigenvalue weighted by Crippen LogP contribution is 2.27. The van der Waals surface area contributed by atoms with Crippen molar-refractivity contribution in [1.82, 2.24) is 4.57 Å². The molecule has 0 fully saturated rings. The number of aryl methyl sites for hydroxylation is 1. The molecule has 1 aromatic heterocycles. The number of benzene rings is 1. The van der Waals surface area contributed by atoms with Gasteiger partial charge in [0.1, 0.15) is 0 Å². The zero-order valence-corrected chi connectivity index (χ0v) is 14.1. The van der Waals surface area contributed by atoms with Gasteiger partial charge in [-0.05, 0) is 24.6 Å². The monoisotopic (exact) mass is 305 g/mol. The van der Waals surface area contributed by atoms with Gasteiger partial charge in [-0.3, -0.25) is 0 Å². The van der Waals surface area contributed by atoms with Gasteiger partial charge in [-0.1, -0.05) is 24.3 Å². The third-order valence-corrected chi connectivity index (χ3v) is 6.48. The van der Waals surface area contributed by atoms with Crippen LogP contribution in [0.4, 0.5) is 0 Å². The predicted molar refractivity (Wildman–Crippen MR) is 86.0 cm³/mol. The summed E-state index contributed by atoms with van der Waals surface area (Å²) in [5.74, 6) is 0. The molecule has 0 unspecified atom stereocenters. The molecule has 0 bridgehead atoms. The Hall–Kier alpha value is -1.40. The highest BCUT2D eigenvalue weighted by atomic mass is 28.4. The van der Waals surface area contributed by atoms with Crippen molar-refractivity contribution >= 4 is 8.80 Å². The standard InChI is InChI=1S/C16H23NO3Si/c1-5-17-12-8-11-16(17)15-10-7-6-9-14(15)13-21(18-2,19-3)20-4/h6-12H,5,13H2,1-4H3. The Kier molecular flexibility index (Phi) is 5.36. The molecule has 2 aromatic rings. The van der Waals surface area contributed by atoms with E-state index in [2.05, 4.69) is 48.0 Å². The maximum atomic E-state index is 5.56. The summed E-state index contributed by atoms with van der Waals surface area (Å²) in [5, 5.41) is 0. The van der Waals surface area contributed by atoms with Crippen LogP contribution in [-0.2, 0) is 25.9 Å². The first-order valence-corrected chi connectivity index (χ1v) is 9.01. The molecule has 0 aliphatic heterocycles. The molecule has 0 amide bonds. The predicted octanol–water partition coefficient (Wildman–Crippen LogP) is 3.13. The van der Waals surface area contributed by atoms with Crippen LogP contribution in [0.25, 0.3) is 11.3 Å². The maximum Gasteiger partial charge on any atom is 0.504 e. The van der Waals surface area contributed by atoms with Gasteiger partial charge in [-0.25, -0.2) is 0 Å². The van der Waals surface area contributed by atoms with Gasteiger partial charge >= 0.3 is 8.80 Å². The van der Waals surface area contributed by atoms with Crippen molar-refractivity contribution in [2.75, 3.05) is 21.3 Å². The van der Waals surface area contributed by atoms with Gasteiger partial charge in [0.25, 0.3) is 0 Å². The van der Waals surface area contributed by atoms with E-state index in [4.69, 9.17) is 13.3 Å². The summed E-state index contributed by atoms with van der Waals surface area (Å²) in [6, 6.07) is 13.2. The summed E-state index contributed by atoms with van der Waals surface area (Å²) >= 11 is 0. The largest absolute Gasteiger partial charge is 0.504 e. The van der Waals surface area contributed by atoms with E-state index in [9.17, 15) is 0 Å². The van der Waals surface area contributed by atoms with E-state index in [1.54, 1.807) is 21.3 Å². The van der Waals surface area contributed by atoms with Crippen LogP contribution < -0.4 is 0 Å². The molecule has 0 radical (unpaired) electrons. The van der Waals surface area contributed by atoms with Gasteiger partial charge < -0.3 is 17.8 Å². The first kappa shape index (κ1) is 16.0. The lowest BCUT2D eigenvalue weighted by Crippen LogP contribution is -2.45. The van der Waals surface area contributed by atoms with Gasteiger partial charge in [0.2, 0.25) is 0 Å². The lowest BCUT2D eigenvalue weighted by molar-refractivity contribution is 0.123. The second-order valence-electron chi connectivity index (χ2n) is 4.81. The first-order valence-electron chi connectivity index (χ1n) is 7.08. The zero-order chi connectivity index (χ0) is 15.3. The summed E-state index contributed by atoms with van der Waals surface area (Å²) in [7, 11) is 2.31. The van der Waals surface area contributed by atoms with Crippen LogP contribution in [0.2, 0.25) is 0 Å². The minimum atomic E-state index is -2.64. The van der Waals surface area contributed by atoms with Crippen LogP contribution in [0.1, 0.15) is 12.5 Å². The minimum absolute atomic E-state index is 0.654. The molecular weight excluding hydrogens is 282 g/mol.